The fourth-order valence-electron chi connectivity index (χ4n) is 2.10. The van der Waals surface area contributed by atoms with Crippen molar-refractivity contribution in [3.63, 3.8) is 0 Å². The van der Waals surface area contributed by atoms with Gasteiger partial charge in [0.05, 0.1) is 5.69 Å². The van der Waals surface area contributed by atoms with Gasteiger partial charge in [0.25, 0.3) is 0 Å². The molecule has 5 heteroatoms. The Morgan fingerprint density at radius 2 is 2.24 bits per heavy atom. The molecule has 0 aliphatic heterocycles. The van der Waals surface area contributed by atoms with Crippen molar-refractivity contribution in [2.45, 2.75) is 33.2 Å². The number of aryl methyl sites for hydroxylation is 3. The summed E-state index contributed by atoms with van der Waals surface area (Å²) < 4.78 is 4.82. The minimum absolute atomic E-state index is 0.784. The molecule has 0 spiro atoms. The summed E-state index contributed by atoms with van der Waals surface area (Å²) in [6.45, 7) is 5.03. The second kappa shape index (κ2) is 4.87. The Bertz CT molecular complexity index is 600. The van der Waals surface area contributed by atoms with E-state index in [1.807, 2.05) is 18.7 Å². The summed E-state index contributed by atoms with van der Waals surface area (Å²) in [6, 6.07) is 0. The second-order valence-corrected chi connectivity index (χ2v) is 4.45. The Labute approximate surface area is 106 Å². The maximum Gasteiger partial charge on any atom is 0.179 e. The minimum atomic E-state index is 0.784. The Morgan fingerprint density at radius 3 is 2.88 bits per heavy atom. The highest BCUT2D eigenvalue weighted by molar-refractivity contribution is 7.71. The molecule has 0 amide bonds. The monoisotopic (exact) mass is 250 g/mol. The lowest BCUT2D eigenvalue weighted by Gasteiger charge is -2.01. The number of aromatic nitrogens is 4. The third-order valence-electron chi connectivity index (χ3n) is 2.91. The maximum atomic E-state index is 5.37. The first-order chi connectivity index (χ1) is 8.19. The van der Waals surface area contributed by atoms with Gasteiger partial charge in [-0.05, 0) is 32.0 Å². The largest absolute Gasteiger partial charge is 0.328 e. The third kappa shape index (κ3) is 2.07. The van der Waals surface area contributed by atoms with Crippen molar-refractivity contribution in [2.75, 3.05) is 0 Å². The molecule has 0 bridgehead atoms. The van der Waals surface area contributed by atoms with Gasteiger partial charge >= 0.3 is 0 Å². The van der Waals surface area contributed by atoms with Crippen molar-refractivity contribution >= 4 is 23.4 Å². The number of fused-ring (bicyclic) bond motifs is 1. The molecule has 4 nitrogen and oxygen atoms in total. The van der Waals surface area contributed by atoms with Crippen molar-refractivity contribution in [3.05, 3.63) is 22.6 Å². The van der Waals surface area contributed by atoms with Crippen LogP contribution in [0.5, 0.6) is 0 Å². The van der Waals surface area contributed by atoms with Gasteiger partial charge in [-0.25, -0.2) is 0 Å². The Kier molecular flexibility index (Phi) is 3.47. The van der Waals surface area contributed by atoms with Crippen LogP contribution in [0, 0.1) is 4.77 Å². The first-order valence-electron chi connectivity index (χ1n) is 5.94. The van der Waals surface area contributed by atoms with Crippen LogP contribution in [0.2, 0.25) is 0 Å². The van der Waals surface area contributed by atoms with Crippen LogP contribution in [0.3, 0.4) is 0 Å². The molecule has 2 aromatic heterocycles. The number of nitrogens with zero attached hydrogens (tertiary/aromatic N) is 3. The molecule has 0 atom stereocenters. The molecule has 2 rings (SSSR count). The van der Waals surface area contributed by atoms with Crippen LogP contribution in [-0.2, 0) is 20.0 Å². The average molecular weight is 250 g/mol. The van der Waals surface area contributed by atoms with E-state index in [1.54, 1.807) is 0 Å². The van der Waals surface area contributed by atoms with Crippen molar-refractivity contribution in [1.82, 2.24) is 19.3 Å². The molecule has 17 heavy (non-hydrogen) atoms. The molecule has 0 aromatic carbocycles. The first kappa shape index (κ1) is 12.1. The Balaban J connectivity index is 2.51. The number of allylic oxidation sites excluding steroid dienone is 2. The van der Waals surface area contributed by atoms with Crippen molar-refractivity contribution in [1.29, 1.82) is 0 Å². The summed E-state index contributed by atoms with van der Waals surface area (Å²) in [5.41, 5.74) is 3.26. The maximum absolute atomic E-state index is 5.37. The van der Waals surface area contributed by atoms with Crippen molar-refractivity contribution < 1.29 is 0 Å². The van der Waals surface area contributed by atoms with Gasteiger partial charge in [-0.1, -0.05) is 19.1 Å². The predicted octanol–water partition coefficient (Wildman–Crippen LogP) is 2.96. The van der Waals surface area contributed by atoms with Gasteiger partial charge in [0, 0.05) is 13.6 Å². The molecule has 2 aromatic rings. The first-order valence-corrected chi connectivity index (χ1v) is 6.35. The van der Waals surface area contributed by atoms with E-state index in [9.17, 15) is 0 Å². The van der Waals surface area contributed by atoms with Crippen molar-refractivity contribution in [2.24, 2.45) is 7.05 Å². The Morgan fingerprint density at radius 1 is 1.47 bits per heavy atom. The number of imidazole rings is 1. The van der Waals surface area contributed by atoms with Gasteiger partial charge in [0.15, 0.2) is 10.4 Å². The summed E-state index contributed by atoms with van der Waals surface area (Å²) in [4.78, 5) is 3.26. The number of rotatable bonds is 4. The highest BCUT2D eigenvalue weighted by Crippen LogP contribution is 2.18. The molecule has 0 saturated carbocycles. The van der Waals surface area contributed by atoms with Gasteiger partial charge in [0.2, 0.25) is 0 Å². The third-order valence-corrected chi connectivity index (χ3v) is 3.23. The summed E-state index contributed by atoms with van der Waals surface area (Å²) in [5.74, 6) is 0. The van der Waals surface area contributed by atoms with Gasteiger partial charge in [-0.2, -0.15) is 5.10 Å². The SMILES string of the molecule is C/C=C/CCn1c(=S)[nH]c2c(CC)nn(C)c21. The predicted molar refractivity (Wildman–Crippen MR) is 72.7 cm³/mol. The number of hydrogen-bond acceptors (Lipinski definition) is 2. The lowest BCUT2D eigenvalue weighted by atomic mass is 10.3. The Hall–Kier alpha value is -1.36. The highest BCUT2D eigenvalue weighted by Gasteiger charge is 2.13. The van der Waals surface area contributed by atoms with Crippen LogP contribution in [0.15, 0.2) is 12.2 Å². The number of hydrogen-bond donors (Lipinski definition) is 1. The summed E-state index contributed by atoms with van der Waals surface area (Å²) in [6.07, 6.45) is 6.12. The van der Waals surface area contributed by atoms with Crippen LogP contribution in [0.4, 0.5) is 0 Å². The smallest absolute Gasteiger partial charge is 0.179 e. The van der Waals surface area contributed by atoms with E-state index in [0.717, 1.165) is 41.0 Å². The van der Waals surface area contributed by atoms with Crippen molar-refractivity contribution in [3.8, 4) is 0 Å². The van der Waals surface area contributed by atoms with E-state index < -0.39 is 0 Å². The van der Waals surface area contributed by atoms with Gasteiger partial charge in [-0.3, -0.25) is 4.68 Å². The van der Waals surface area contributed by atoms with Crippen LogP contribution >= 0.6 is 12.2 Å². The molecular weight excluding hydrogens is 232 g/mol. The molecule has 0 aliphatic rings. The minimum Gasteiger partial charge on any atom is -0.328 e. The van der Waals surface area contributed by atoms with E-state index >= 15 is 0 Å². The molecule has 1 N–H and O–H groups in total. The molecule has 0 fully saturated rings. The molecule has 0 radical (unpaired) electrons. The van der Waals surface area contributed by atoms with Gasteiger partial charge < -0.3 is 9.55 Å². The standard InChI is InChI=1S/C12H18N4S/c1-4-6-7-8-16-11-10(13-12(16)17)9(5-2)14-15(11)3/h4,6H,5,7-8H2,1-3H3,(H,13,17)/b6-4+. The average Bonchev–Trinajstić information content (AvgIpc) is 2.78. The van der Waals surface area contributed by atoms with E-state index in [2.05, 4.69) is 33.7 Å². The topological polar surface area (TPSA) is 38.5 Å². The van der Waals surface area contributed by atoms with Gasteiger partial charge in [-0.15, -0.1) is 0 Å². The van der Waals surface area contributed by atoms with Crippen LogP contribution < -0.4 is 0 Å². The zero-order chi connectivity index (χ0) is 12.4. The lowest BCUT2D eigenvalue weighted by molar-refractivity contribution is 0.670. The van der Waals surface area contributed by atoms with E-state index in [1.165, 1.54) is 0 Å². The number of H-pyrrole nitrogens is 1. The molecule has 0 saturated heterocycles. The number of nitrogens with one attached hydrogen (secondary N) is 1. The number of aromatic amines is 1. The van der Waals surface area contributed by atoms with E-state index in [0.29, 0.717) is 0 Å². The summed E-state index contributed by atoms with van der Waals surface area (Å²) >= 11 is 5.37. The highest BCUT2D eigenvalue weighted by atomic mass is 32.1. The fraction of sp³-hybridized carbons (Fsp3) is 0.500. The fourth-order valence-corrected chi connectivity index (χ4v) is 2.38. The molecule has 0 unspecified atom stereocenters. The van der Waals surface area contributed by atoms with Crippen LogP contribution in [0.25, 0.3) is 11.2 Å². The zero-order valence-electron chi connectivity index (χ0n) is 10.5. The second-order valence-electron chi connectivity index (χ2n) is 4.06. The lowest BCUT2D eigenvalue weighted by Crippen LogP contribution is -2.02. The van der Waals surface area contributed by atoms with Crippen LogP contribution in [0.1, 0.15) is 26.0 Å². The molecule has 92 valence electrons. The van der Waals surface area contributed by atoms with Gasteiger partial charge in [0.1, 0.15) is 5.52 Å². The zero-order valence-corrected chi connectivity index (χ0v) is 11.3. The molecular formula is C12H18N4S. The summed E-state index contributed by atoms with van der Waals surface area (Å²) in [7, 11) is 1.97. The quantitative estimate of drug-likeness (QED) is 0.669. The van der Waals surface area contributed by atoms with Crippen LogP contribution in [-0.4, -0.2) is 19.3 Å². The molecule has 2 heterocycles. The normalized spacial score (nSPS) is 11.9. The molecule has 0 aliphatic carbocycles. The summed E-state index contributed by atoms with van der Waals surface area (Å²) in [5, 5.41) is 4.50. The van der Waals surface area contributed by atoms with E-state index in [4.69, 9.17) is 12.2 Å². The van der Waals surface area contributed by atoms with E-state index in [-0.39, 0.29) is 0 Å².